The fourth-order valence-corrected chi connectivity index (χ4v) is 5.20. The highest BCUT2D eigenvalue weighted by molar-refractivity contribution is 6.79. The van der Waals surface area contributed by atoms with E-state index < -0.39 is 8.07 Å². The summed E-state index contributed by atoms with van der Waals surface area (Å²) in [6.45, 7) is 12.1. The molecule has 0 spiro atoms. The normalized spacial score (nSPS) is 12.0. The number of hydrogen-bond acceptors (Lipinski definition) is 4. The first-order valence-corrected chi connectivity index (χ1v) is 13.4. The minimum atomic E-state index is -1.88. The van der Waals surface area contributed by atoms with E-state index in [2.05, 4.69) is 27.7 Å². The summed E-state index contributed by atoms with van der Waals surface area (Å²) in [5.41, 5.74) is 0. The topological polar surface area (TPSA) is 36.9 Å². The Morgan fingerprint density at radius 1 is 0.440 bits per heavy atom. The Morgan fingerprint density at radius 2 is 0.680 bits per heavy atom. The Kier molecular flexibility index (Phi) is 18.9. The highest BCUT2D eigenvalue weighted by Gasteiger charge is 2.35. The Bertz CT molecular complexity index is 211. The molecule has 0 aliphatic carbocycles. The highest BCUT2D eigenvalue weighted by atomic mass is 28.3. The molecule has 0 aliphatic heterocycles. The van der Waals surface area contributed by atoms with Crippen molar-refractivity contribution in [2.75, 3.05) is 51.3 Å². The van der Waals surface area contributed by atoms with Crippen LogP contribution in [0.15, 0.2) is 0 Å². The molecule has 4 nitrogen and oxygen atoms in total. The predicted octanol–water partition coefficient (Wildman–Crippen LogP) is 4.86. The summed E-state index contributed by atoms with van der Waals surface area (Å²) in [6.07, 6.45) is 12.3. The number of unbranched alkanes of at least 4 members (excludes halogenated alkanes) is 4. The summed E-state index contributed by atoms with van der Waals surface area (Å²) in [6, 6.07) is 0. The van der Waals surface area contributed by atoms with Crippen molar-refractivity contribution in [2.45, 2.75) is 79.1 Å². The van der Waals surface area contributed by atoms with Crippen LogP contribution >= 0.6 is 0 Å². The average Bonchev–Trinajstić information content (AvgIpc) is 2.63. The van der Waals surface area contributed by atoms with Crippen molar-refractivity contribution >= 4 is 8.07 Å². The van der Waals surface area contributed by atoms with Crippen LogP contribution in [0.2, 0.25) is 0 Å². The van der Waals surface area contributed by atoms with Crippen LogP contribution in [0.3, 0.4) is 0 Å². The Hall–Kier alpha value is 0.0569. The summed E-state index contributed by atoms with van der Waals surface area (Å²) in [7, 11) is -1.88. The van der Waals surface area contributed by atoms with E-state index in [1.54, 1.807) is 0 Å². The van der Waals surface area contributed by atoms with Gasteiger partial charge in [-0.05, 0) is 25.7 Å². The van der Waals surface area contributed by atoms with Gasteiger partial charge in [0, 0.05) is 51.3 Å². The third-order valence-corrected chi connectivity index (χ3v) is 7.47. The fourth-order valence-electron chi connectivity index (χ4n) is 2.39. The summed E-state index contributed by atoms with van der Waals surface area (Å²) < 4.78 is 24.1. The van der Waals surface area contributed by atoms with Gasteiger partial charge in [0.2, 0.25) is 0 Å². The summed E-state index contributed by atoms with van der Waals surface area (Å²) in [4.78, 5) is 0. The second-order valence-electron chi connectivity index (χ2n) is 7.12. The van der Waals surface area contributed by atoms with E-state index in [1.165, 1.54) is 25.7 Å². The van der Waals surface area contributed by atoms with E-state index in [1.807, 2.05) is 0 Å². The molecule has 0 bridgehead atoms. The Morgan fingerprint density at radius 3 is 0.880 bits per heavy atom. The summed E-state index contributed by atoms with van der Waals surface area (Å²) in [5, 5.41) is 0. The molecule has 0 radical (unpaired) electrons. The van der Waals surface area contributed by atoms with Crippen LogP contribution in [-0.2, 0) is 18.9 Å². The summed E-state index contributed by atoms with van der Waals surface area (Å²) in [5.74, 6) is 0. The number of rotatable bonds is 20. The maximum absolute atomic E-state index is 6.03. The van der Waals surface area contributed by atoms with Crippen molar-refractivity contribution in [3.8, 4) is 0 Å². The molecule has 5 heteroatoms. The van der Waals surface area contributed by atoms with E-state index in [9.17, 15) is 0 Å². The molecule has 152 valence electrons. The molecule has 0 rings (SSSR count). The molecule has 0 heterocycles. The Balaban J connectivity index is 4.62. The van der Waals surface area contributed by atoms with Gasteiger partial charge in [-0.2, -0.15) is 0 Å². The predicted molar refractivity (Wildman–Crippen MR) is 109 cm³/mol. The van der Waals surface area contributed by atoms with Crippen molar-refractivity contribution in [2.24, 2.45) is 0 Å². The van der Waals surface area contributed by atoms with Crippen LogP contribution in [0.25, 0.3) is 0 Å². The lowest BCUT2D eigenvalue weighted by Gasteiger charge is -2.31. The second-order valence-corrected chi connectivity index (χ2v) is 11.3. The van der Waals surface area contributed by atoms with Crippen LogP contribution in [-0.4, -0.2) is 59.4 Å². The third kappa shape index (κ3) is 14.9. The third-order valence-electron chi connectivity index (χ3n) is 4.20. The van der Waals surface area contributed by atoms with Crippen molar-refractivity contribution in [1.82, 2.24) is 0 Å². The first-order chi connectivity index (χ1) is 12.2. The molecule has 0 aliphatic rings. The minimum Gasteiger partial charge on any atom is -0.384 e. The highest BCUT2D eigenvalue weighted by Crippen LogP contribution is 2.10. The van der Waals surface area contributed by atoms with Gasteiger partial charge in [0.1, 0.15) is 0 Å². The van der Waals surface area contributed by atoms with E-state index in [0.717, 1.165) is 77.0 Å². The number of hydrogen-bond donors (Lipinski definition) is 0. The monoisotopic (exact) mass is 376 g/mol. The first kappa shape index (κ1) is 25.1. The van der Waals surface area contributed by atoms with Crippen LogP contribution < -0.4 is 0 Å². The molecule has 0 fully saturated rings. The Labute approximate surface area is 158 Å². The lowest BCUT2D eigenvalue weighted by molar-refractivity contribution is 0.101. The zero-order valence-corrected chi connectivity index (χ0v) is 18.4. The molecule has 0 unspecified atom stereocenters. The molecule has 0 aromatic carbocycles. The van der Waals surface area contributed by atoms with Gasteiger partial charge in [-0.3, -0.25) is 0 Å². The van der Waals surface area contributed by atoms with Gasteiger partial charge in [0.15, 0.2) is 8.07 Å². The zero-order valence-electron chi connectivity index (χ0n) is 17.4. The second kappa shape index (κ2) is 18.8. The molecule has 0 aromatic rings. The van der Waals surface area contributed by atoms with Crippen molar-refractivity contribution < 1.29 is 18.9 Å². The average molecular weight is 377 g/mol. The fraction of sp³-hybridized carbons (Fsp3) is 1.00. The van der Waals surface area contributed by atoms with Crippen LogP contribution in [0, 0.1) is 0 Å². The maximum atomic E-state index is 6.03. The molecule has 0 saturated carbocycles. The van der Waals surface area contributed by atoms with Gasteiger partial charge in [-0.25, -0.2) is 0 Å². The SMILES string of the molecule is CCCCOC[Si](COCCCC)(COCCCC)COCCCC. The van der Waals surface area contributed by atoms with Crippen molar-refractivity contribution in [1.29, 1.82) is 0 Å². The molecule has 0 saturated heterocycles. The molecular weight excluding hydrogens is 332 g/mol. The van der Waals surface area contributed by atoms with Gasteiger partial charge in [0.05, 0.1) is 0 Å². The molecule has 0 amide bonds. The van der Waals surface area contributed by atoms with E-state index in [0.29, 0.717) is 0 Å². The van der Waals surface area contributed by atoms with Crippen LogP contribution in [0.4, 0.5) is 0 Å². The summed E-state index contributed by atoms with van der Waals surface area (Å²) >= 11 is 0. The molecule has 0 N–H and O–H groups in total. The van der Waals surface area contributed by atoms with Crippen molar-refractivity contribution in [3.63, 3.8) is 0 Å². The van der Waals surface area contributed by atoms with Crippen LogP contribution in [0.1, 0.15) is 79.1 Å². The van der Waals surface area contributed by atoms with E-state index >= 15 is 0 Å². The lowest BCUT2D eigenvalue weighted by atomic mass is 10.4. The lowest BCUT2D eigenvalue weighted by Crippen LogP contribution is -2.55. The quantitative estimate of drug-likeness (QED) is 0.225. The molecule has 25 heavy (non-hydrogen) atoms. The van der Waals surface area contributed by atoms with E-state index in [4.69, 9.17) is 18.9 Å². The zero-order chi connectivity index (χ0) is 18.6. The molecular formula is C20H44O4Si. The standard InChI is InChI=1S/C20H44O4Si/c1-5-9-13-21-17-25(18-22-14-10-6-2,19-23-15-11-7-3)20-24-16-12-8-4/h5-20H2,1-4H3. The smallest absolute Gasteiger partial charge is 0.167 e. The van der Waals surface area contributed by atoms with Gasteiger partial charge in [-0.15, -0.1) is 0 Å². The first-order valence-electron chi connectivity index (χ1n) is 10.6. The van der Waals surface area contributed by atoms with Gasteiger partial charge in [0.25, 0.3) is 0 Å². The van der Waals surface area contributed by atoms with Gasteiger partial charge < -0.3 is 18.9 Å². The molecule has 0 atom stereocenters. The van der Waals surface area contributed by atoms with Gasteiger partial charge in [-0.1, -0.05) is 53.4 Å². The minimum absolute atomic E-state index is 0.789. The van der Waals surface area contributed by atoms with E-state index in [-0.39, 0.29) is 0 Å². The number of ether oxygens (including phenoxy) is 4. The van der Waals surface area contributed by atoms with Crippen molar-refractivity contribution in [3.05, 3.63) is 0 Å². The van der Waals surface area contributed by atoms with Crippen LogP contribution in [0.5, 0.6) is 0 Å². The van der Waals surface area contributed by atoms with Gasteiger partial charge >= 0.3 is 0 Å². The maximum Gasteiger partial charge on any atom is 0.167 e. The largest absolute Gasteiger partial charge is 0.384 e. The molecule has 0 aromatic heterocycles.